The molecular weight excluding hydrogens is 160 g/mol. The molecule has 5 heteroatoms. The SMILES string of the molecule is CCCNC(=O)NC(CO)CO. The molecule has 2 amide bonds. The lowest BCUT2D eigenvalue weighted by atomic mass is 10.3. The Labute approximate surface area is 71.8 Å². The third kappa shape index (κ3) is 4.92. The van der Waals surface area contributed by atoms with Gasteiger partial charge in [-0.1, -0.05) is 6.92 Å². The summed E-state index contributed by atoms with van der Waals surface area (Å²) in [4.78, 5) is 10.9. The second-order valence-electron chi connectivity index (χ2n) is 2.46. The molecular formula is C7H16N2O3. The molecule has 0 aromatic heterocycles. The molecule has 0 fully saturated rings. The Balaban J connectivity index is 3.52. The molecule has 0 saturated carbocycles. The zero-order valence-electron chi connectivity index (χ0n) is 7.21. The third-order valence-electron chi connectivity index (χ3n) is 1.31. The molecule has 0 aliphatic rings. The average molecular weight is 176 g/mol. The van der Waals surface area contributed by atoms with Crippen LogP contribution in [0.2, 0.25) is 0 Å². The van der Waals surface area contributed by atoms with Gasteiger partial charge >= 0.3 is 6.03 Å². The van der Waals surface area contributed by atoms with Crippen molar-refractivity contribution in [1.29, 1.82) is 0 Å². The van der Waals surface area contributed by atoms with Crippen LogP contribution in [0.1, 0.15) is 13.3 Å². The Morgan fingerprint density at radius 1 is 1.42 bits per heavy atom. The predicted octanol–water partition coefficient (Wildman–Crippen LogP) is -0.951. The van der Waals surface area contributed by atoms with E-state index in [4.69, 9.17) is 10.2 Å². The number of aliphatic hydroxyl groups is 2. The highest BCUT2D eigenvalue weighted by Crippen LogP contribution is 1.79. The average Bonchev–Trinajstić information content (AvgIpc) is 2.10. The van der Waals surface area contributed by atoms with Gasteiger partial charge in [0.25, 0.3) is 0 Å². The standard InChI is InChI=1S/C7H16N2O3/c1-2-3-8-7(12)9-6(4-10)5-11/h6,10-11H,2-5H2,1H3,(H2,8,9,12). The van der Waals surface area contributed by atoms with Crippen LogP contribution in [-0.4, -0.2) is 42.0 Å². The van der Waals surface area contributed by atoms with Gasteiger partial charge in [0.2, 0.25) is 0 Å². The van der Waals surface area contributed by atoms with E-state index in [9.17, 15) is 4.79 Å². The van der Waals surface area contributed by atoms with E-state index in [0.29, 0.717) is 6.54 Å². The topological polar surface area (TPSA) is 81.6 Å². The summed E-state index contributed by atoms with van der Waals surface area (Å²) >= 11 is 0. The summed E-state index contributed by atoms with van der Waals surface area (Å²) in [7, 11) is 0. The van der Waals surface area contributed by atoms with E-state index in [1.54, 1.807) is 0 Å². The number of hydrogen-bond donors (Lipinski definition) is 4. The first-order chi connectivity index (χ1) is 5.74. The zero-order valence-corrected chi connectivity index (χ0v) is 7.21. The summed E-state index contributed by atoms with van der Waals surface area (Å²) in [5.74, 6) is 0. The Bertz CT molecular complexity index is 126. The van der Waals surface area contributed by atoms with Crippen LogP contribution in [0.4, 0.5) is 4.79 Å². The molecule has 0 aliphatic carbocycles. The maximum absolute atomic E-state index is 10.9. The van der Waals surface area contributed by atoms with Crippen LogP contribution in [0.15, 0.2) is 0 Å². The highest BCUT2D eigenvalue weighted by Gasteiger charge is 2.07. The van der Waals surface area contributed by atoms with E-state index >= 15 is 0 Å². The van der Waals surface area contributed by atoms with E-state index in [2.05, 4.69) is 10.6 Å². The van der Waals surface area contributed by atoms with Crippen LogP contribution in [0.25, 0.3) is 0 Å². The Kier molecular flexibility index (Phi) is 6.41. The first kappa shape index (κ1) is 11.2. The van der Waals surface area contributed by atoms with Gasteiger partial charge in [-0.15, -0.1) is 0 Å². The van der Waals surface area contributed by atoms with E-state index < -0.39 is 6.04 Å². The normalized spacial score (nSPS) is 10.0. The second-order valence-corrected chi connectivity index (χ2v) is 2.46. The maximum atomic E-state index is 10.9. The molecule has 0 saturated heterocycles. The van der Waals surface area contributed by atoms with Crippen LogP contribution in [-0.2, 0) is 0 Å². The molecule has 0 aromatic carbocycles. The van der Waals surface area contributed by atoms with Gasteiger partial charge in [-0.25, -0.2) is 4.79 Å². The van der Waals surface area contributed by atoms with E-state index in [0.717, 1.165) is 6.42 Å². The Morgan fingerprint density at radius 3 is 2.42 bits per heavy atom. The lowest BCUT2D eigenvalue weighted by molar-refractivity contribution is 0.169. The van der Waals surface area contributed by atoms with Crippen LogP contribution in [0, 0.1) is 0 Å². The zero-order chi connectivity index (χ0) is 9.40. The molecule has 0 aliphatic heterocycles. The molecule has 0 bridgehead atoms. The van der Waals surface area contributed by atoms with Gasteiger partial charge in [0.05, 0.1) is 19.3 Å². The first-order valence-electron chi connectivity index (χ1n) is 4.00. The largest absolute Gasteiger partial charge is 0.394 e. The van der Waals surface area contributed by atoms with Gasteiger partial charge in [0, 0.05) is 6.54 Å². The van der Waals surface area contributed by atoms with Crippen molar-refractivity contribution in [3.8, 4) is 0 Å². The highest BCUT2D eigenvalue weighted by atomic mass is 16.3. The third-order valence-corrected chi connectivity index (χ3v) is 1.31. The fourth-order valence-electron chi connectivity index (χ4n) is 0.624. The van der Waals surface area contributed by atoms with Crippen LogP contribution in [0.3, 0.4) is 0 Å². The molecule has 0 unspecified atom stereocenters. The van der Waals surface area contributed by atoms with Crippen molar-refractivity contribution >= 4 is 6.03 Å². The Morgan fingerprint density at radius 2 is 2.00 bits per heavy atom. The molecule has 0 atom stereocenters. The number of aliphatic hydroxyl groups excluding tert-OH is 2. The summed E-state index contributed by atoms with van der Waals surface area (Å²) in [6, 6.07) is -0.924. The van der Waals surface area contributed by atoms with Crippen molar-refractivity contribution in [2.45, 2.75) is 19.4 Å². The molecule has 0 spiro atoms. The number of hydrogen-bond acceptors (Lipinski definition) is 3. The number of carbonyl (C=O) groups excluding carboxylic acids is 1. The second kappa shape index (κ2) is 6.87. The van der Waals surface area contributed by atoms with Gasteiger partial charge in [0.1, 0.15) is 0 Å². The van der Waals surface area contributed by atoms with Gasteiger partial charge in [0.15, 0.2) is 0 Å². The van der Waals surface area contributed by atoms with Gasteiger partial charge in [-0.3, -0.25) is 0 Å². The smallest absolute Gasteiger partial charge is 0.315 e. The minimum Gasteiger partial charge on any atom is -0.394 e. The van der Waals surface area contributed by atoms with E-state index in [1.807, 2.05) is 6.92 Å². The van der Waals surface area contributed by atoms with Crippen molar-refractivity contribution in [3.05, 3.63) is 0 Å². The van der Waals surface area contributed by atoms with Crippen molar-refractivity contribution in [2.24, 2.45) is 0 Å². The maximum Gasteiger partial charge on any atom is 0.315 e. The fraction of sp³-hybridized carbons (Fsp3) is 0.857. The van der Waals surface area contributed by atoms with Crippen LogP contribution < -0.4 is 10.6 Å². The van der Waals surface area contributed by atoms with Crippen molar-refractivity contribution in [2.75, 3.05) is 19.8 Å². The van der Waals surface area contributed by atoms with Crippen molar-refractivity contribution < 1.29 is 15.0 Å². The van der Waals surface area contributed by atoms with E-state index in [1.165, 1.54) is 0 Å². The molecule has 0 heterocycles. The number of rotatable bonds is 5. The summed E-state index contributed by atoms with van der Waals surface area (Å²) < 4.78 is 0. The molecule has 0 aromatic rings. The number of urea groups is 1. The molecule has 0 rings (SSSR count). The summed E-state index contributed by atoms with van der Waals surface area (Å²) in [5, 5.41) is 22.2. The van der Waals surface area contributed by atoms with Gasteiger partial charge in [-0.05, 0) is 6.42 Å². The van der Waals surface area contributed by atoms with Gasteiger partial charge in [-0.2, -0.15) is 0 Å². The molecule has 4 N–H and O–H groups in total. The quantitative estimate of drug-likeness (QED) is 0.436. The lowest BCUT2D eigenvalue weighted by Gasteiger charge is -2.13. The minimum absolute atomic E-state index is 0.254. The molecule has 5 nitrogen and oxygen atoms in total. The molecule has 72 valence electrons. The summed E-state index contributed by atoms with van der Waals surface area (Å²) in [6.07, 6.45) is 0.857. The van der Waals surface area contributed by atoms with E-state index in [-0.39, 0.29) is 19.2 Å². The lowest BCUT2D eigenvalue weighted by Crippen LogP contribution is -2.45. The number of carbonyl (C=O) groups is 1. The predicted molar refractivity (Wildman–Crippen MR) is 44.8 cm³/mol. The molecule has 12 heavy (non-hydrogen) atoms. The van der Waals surface area contributed by atoms with Crippen LogP contribution in [0.5, 0.6) is 0 Å². The summed E-state index contributed by atoms with van der Waals surface area (Å²) in [6.45, 7) is 2.03. The molecule has 0 radical (unpaired) electrons. The van der Waals surface area contributed by atoms with Crippen molar-refractivity contribution in [1.82, 2.24) is 10.6 Å². The van der Waals surface area contributed by atoms with Crippen LogP contribution >= 0.6 is 0 Å². The first-order valence-corrected chi connectivity index (χ1v) is 4.00. The van der Waals surface area contributed by atoms with Crippen molar-refractivity contribution in [3.63, 3.8) is 0 Å². The number of nitrogens with one attached hydrogen (secondary N) is 2. The Hall–Kier alpha value is -0.810. The minimum atomic E-state index is -0.568. The fourth-order valence-corrected chi connectivity index (χ4v) is 0.624. The van der Waals surface area contributed by atoms with Gasteiger partial charge < -0.3 is 20.8 Å². The summed E-state index contributed by atoms with van der Waals surface area (Å²) in [5.41, 5.74) is 0. The highest BCUT2D eigenvalue weighted by molar-refractivity contribution is 5.74. The number of amides is 2. The monoisotopic (exact) mass is 176 g/mol.